The SMILES string of the molecule is Oc1ccc(CNCc2cccc(Br)c2)cc1. The fourth-order valence-corrected chi connectivity index (χ4v) is 2.06. The maximum absolute atomic E-state index is 9.17. The second-order valence-electron chi connectivity index (χ2n) is 3.90. The second-order valence-corrected chi connectivity index (χ2v) is 4.82. The van der Waals surface area contributed by atoms with Gasteiger partial charge in [-0.1, -0.05) is 40.2 Å². The number of hydrogen-bond acceptors (Lipinski definition) is 2. The fourth-order valence-electron chi connectivity index (χ4n) is 1.61. The van der Waals surface area contributed by atoms with E-state index in [2.05, 4.69) is 33.4 Å². The van der Waals surface area contributed by atoms with Gasteiger partial charge in [0.25, 0.3) is 0 Å². The third kappa shape index (κ3) is 3.88. The third-order valence-corrected chi connectivity index (χ3v) is 2.98. The highest BCUT2D eigenvalue weighted by molar-refractivity contribution is 9.10. The van der Waals surface area contributed by atoms with Crippen molar-refractivity contribution in [3.8, 4) is 5.75 Å². The van der Waals surface area contributed by atoms with Gasteiger partial charge in [-0.15, -0.1) is 0 Å². The molecule has 88 valence electrons. The fraction of sp³-hybridized carbons (Fsp3) is 0.143. The summed E-state index contributed by atoms with van der Waals surface area (Å²) >= 11 is 3.45. The summed E-state index contributed by atoms with van der Waals surface area (Å²) in [5.41, 5.74) is 2.41. The van der Waals surface area contributed by atoms with E-state index in [0.29, 0.717) is 5.75 Å². The quantitative estimate of drug-likeness (QED) is 0.904. The third-order valence-electron chi connectivity index (χ3n) is 2.48. The van der Waals surface area contributed by atoms with Gasteiger partial charge < -0.3 is 10.4 Å². The predicted octanol–water partition coefficient (Wildman–Crippen LogP) is 3.44. The number of phenols is 1. The molecule has 2 rings (SSSR count). The Morgan fingerprint density at radius 3 is 2.35 bits per heavy atom. The molecule has 0 heterocycles. The molecule has 0 spiro atoms. The van der Waals surface area contributed by atoms with Crippen molar-refractivity contribution < 1.29 is 5.11 Å². The van der Waals surface area contributed by atoms with E-state index in [0.717, 1.165) is 23.1 Å². The van der Waals surface area contributed by atoms with Crippen LogP contribution >= 0.6 is 15.9 Å². The maximum Gasteiger partial charge on any atom is 0.115 e. The average molecular weight is 292 g/mol. The van der Waals surface area contributed by atoms with Crippen LogP contribution in [0.1, 0.15) is 11.1 Å². The van der Waals surface area contributed by atoms with Crippen molar-refractivity contribution in [1.82, 2.24) is 5.32 Å². The van der Waals surface area contributed by atoms with E-state index in [9.17, 15) is 0 Å². The molecule has 0 bridgehead atoms. The van der Waals surface area contributed by atoms with Crippen LogP contribution in [0.5, 0.6) is 5.75 Å². The lowest BCUT2D eigenvalue weighted by Crippen LogP contribution is -2.12. The molecule has 0 fully saturated rings. The molecule has 0 amide bonds. The summed E-state index contributed by atoms with van der Waals surface area (Å²) in [4.78, 5) is 0. The largest absolute Gasteiger partial charge is 0.508 e. The molecule has 0 radical (unpaired) electrons. The van der Waals surface area contributed by atoms with Crippen molar-refractivity contribution in [2.75, 3.05) is 0 Å². The lowest BCUT2D eigenvalue weighted by atomic mass is 10.2. The Morgan fingerprint density at radius 1 is 0.941 bits per heavy atom. The molecule has 0 saturated carbocycles. The van der Waals surface area contributed by atoms with Crippen LogP contribution in [-0.4, -0.2) is 5.11 Å². The molecule has 0 aromatic heterocycles. The molecule has 0 atom stereocenters. The zero-order valence-electron chi connectivity index (χ0n) is 9.36. The molecule has 17 heavy (non-hydrogen) atoms. The van der Waals surface area contributed by atoms with Crippen LogP contribution in [0.4, 0.5) is 0 Å². The molecule has 3 heteroatoms. The van der Waals surface area contributed by atoms with Crippen molar-refractivity contribution in [2.24, 2.45) is 0 Å². The molecule has 2 nitrogen and oxygen atoms in total. The molecule has 0 aliphatic rings. The Hall–Kier alpha value is -1.32. The van der Waals surface area contributed by atoms with E-state index in [1.54, 1.807) is 12.1 Å². The number of aromatic hydroxyl groups is 1. The molecule has 2 aromatic carbocycles. The van der Waals surface area contributed by atoms with Crippen LogP contribution in [0.3, 0.4) is 0 Å². The van der Waals surface area contributed by atoms with Gasteiger partial charge in [0.2, 0.25) is 0 Å². The lowest BCUT2D eigenvalue weighted by molar-refractivity contribution is 0.475. The van der Waals surface area contributed by atoms with Crippen molar-refractivity contribution in [3.63, 3.8) is 0 Å². The van der Waals surface area contributed by atoms with E-state index in [-0.39, 0.29) is 0 Å². The predicted molar refractivity (Wildman–Crippen MR) is 72.8 cm³/mol. The summed E-state index contributed by atoms with van der Waals surface area (Å²) in [6.45, 7) is 1.63. The summed E-state index contributed by atoms with van der Waals surface area (Å²) in [5.74, 6) is 0.306. The summed E-state index contributed by atoms with van der Waals surface area (Å²) < 4.78 is 1.10. The van der Waals surface area contributed by atoms with E-state index in [1.165, 1.54) is 5.56 Å². The smallest absolute Gasteiger partial charge is 0.115 e. The molecular weight excluding hydrogens is 278 g/mol. The van der Waals surface area contributed by atoms with Crippen molar-refractivity contribution in [1.29, 1.82) is 0 Å². The average Bonchev–Trinajstić information content (AvgIpc) is 2.32. The van der Waals surface area contributed by atoms with Gasteiger partial charge in [-0.25, -0.2) is 0 Å². The molecule has 0 aliphatic carbocycles. The minimum atomic E-state index is 0.306. The molecular formula is C14H14BrNO. The molecule has 2 aromatic rings. The van der Waals surface area contributed by atoms with Gasteiger partial charge in [-0.05, 0) is 35.4 Å². The molecule has 0 unspecified atom stereocenters. The lowest BCUT2D eigenvalue weighted by Gasteiger charge is -2.05. The minimum absolute atomic E-state index is 0.306. The minimum Gasteiger partial charge on any atom is -0.508 e. The Morgan fingerprint density at radius 2 is 1.65 bits per heavy atom. The molecule has 0 saturated heterocycles. The van der Waals surface area contributed by atoms with Gasteiger partial charge in [-0.2, -0.15) is 0 Å². The van der Waals surface area contributed by atoms with Crippen molar-refractivity contribution in [3.05, 3.63) is 64.1 Å². The highest BCUT2D eigenvalue weighted by atomic mass is 79.9. The number of rotatable bonds is 4. The van der Waals surface area contributed by atoms with Gasteiger partial charge in [0.1, 0.15) is 5.75 Å². The number of phenolic OH excluding ortho intramolecular Hbond substituents is 1. The van der Waals surface area contributed by atoms with Gasteiger partial charge in [0.05, 0.1) is 0 Å². The van der Waals surface area contributed by atoms with Crippen LogP contribution in [0.25, 0.3) is 0 Å². The Bertz CT molecular complexity index is 482. The first-order valence-electron chi connectivity index (χ1n) is 5.47. The van der Waals surface area contributed by atoms with E-state index in [4.69, 9.17) is 5.11 Å². The zero-order valence-corrected chi connectivity index (χ0v) is 10.9. The Kier molecular flexibility index (Phi) is 4.18. The first-order valence-corrected chi connectivity index (χ1v) is 6.26. The monoisotopic (exact) mass is 291 g/mol. The van der Waals surface area contributed by atoms with Crippen LogP contribution in [0.2, 0.25) is 0 Å². The highest BCUT2D eigenvalue weighted by Crippen LogP contribution is 2.12. The standard InChI is InChI=1S/C14H14BrNO/c15-13-3-1-2-12(8-13)10-16-9-11-4-6-14(17)7-5-11/h1-8,16-17H,9-10H2. The Labute approximate surface area is 109 Å². The topological polar surface area (TPSA) is 32.3 Å². The van der Waals surface area contributed by atoms with Crippen LogP contribution in [0.15, 0.2) is 53.0 Å². The van der Waals surface area contributed by atoms with E-state index in [1.807, 2.05) is 24.3 Å². The van der Waals surface area contributed by atoms with Crippen molar-refractivity contribution >= 4 is 15.9 Å². The number of nitrogens with one attached hydrogen (secondary N) is 1. The summed E-state index contributed by atoms with van der Waals surface area (Å²) in [6.07, 6.45) is 0. The van der Waals surface area contributed by atoms with Crippen LogP contribution in [0, 0.1) is 0 Å². The van der Waals surface area contributed by atoms with E-state index >= 15 is 0 Å². The zero-order chi connectivity index (χ0) is 12.1. The van der Waals surface area contributed by atoms with E-state index < -0.39 is 0 Å². The van der Waals surface area contributed by atoms with Gasteiger partial charge in [0.15, 0.2) is 0 Å². The Balaban J connectivity index is 1.85. The second kappa shape index (κ2) is 5.84. The summed E-state index contributed by atoms with van der Waals surface area (Å²) in [6, 6.07) is 15.5. The van der Waals surface area contributed by atoms with Crippen LogP contribution in [-0.2, 0) is 13.1 Å². The van der Waals surface area contributed by atoms with Gasteiger partial charge in [-0.3, -0.25) is 0 Å². The van der Waals surface area contributed by atoms with Crippen LogP contribution < -0.4 is 5.32 Å². The summed E-state index contributed by atoms with van der Waals surface area (Å²) in [7, 11) is 0. The molecule has 0 aliphatic heterocycles. The highest BCUT2D eigenvalue weighted by Gasteiger charge is 1.95. The number of benzene rings is 2. The first kappa shape index (κ1) is 12.1. The van der Waals surface area contributed by atoms with Crippen molar-refractivity contribution in [2.45, 2.75) is 13.1 Å². The first-order chi connectivity index (χ1) is 8.24. The number of halogens is 1. The molecule has 2 N–H and O–H groups in total. The maximum atomic E-state index is 9.17. The van der Waals surface area contributed by atoms with Gasteiger partial charge in [0, 0.05) is 17.6 Å². The summed E-state index contributed by atoms with van der Waals surface area (Å²) in [5, 5.41) is 12.5. The van der Waals surface area contributed by atoms with Gasteiger partial charge >= 0.3 is 0 Å². The number of hydrogen-bond donors (Lipinski definition) is 2. The normalized spacial score (nSPS) is 10.4.